The maximum absolute atomic E-state index is 12.4. The fourth-order valence-electron chi connectivity index (χ4n) is 2.37. The van der Waals surface area contributed by atoms with Gasteiger partial charge in [0.15, 0.2) is 0 Å². The lowest BCUT2D eigenvalue weighted by Gasteiger charge is -2.15. The largest absolute Gasteiger partial charge is 0.336 e. The number of anilines is 2. The van der Waals surface area contributed by atoms with Crippen molar-refractivity contribution in [2.45, 2.75) is 13.5 Å². The van der Waals surface area contributed by atoms with Crippen molar-refractivity contribution in [3.05, 3.63) is 41.2 Å². The van der Waals surface area contributed by atoms with Crippen LogP contribution in [0.2, 0.25) is 5.02 Å². The third kappa shape index (κ3) is 3.14. The van der Waals surface area contributed by atoms with Gasteiger partial charge in [0.25, 0.3) is 5.91 Å². The average Bonchev–Trinajstić information content (AvgIpc) is 3.16. The van der Waals surface area contributed by atoms with Gasteiger partial charge in [-0.2, -0.15) is 5.10 Å². The van der Waals surface area contributed by atoms with Crippen molar-refractivity contribution in [2.24, 2.45) is 0 Å². The lowest BCUT2D eigenvalue weighted by Crippen LogP contribution is -2.28. The Bertz CT molecular complexity index is 758. The molecule has 8 heteroatoms. The van der Waals surface area contributed by atoms with Gasteiger partial charge in [0, 0.05) is 31.5 Å². The highest BCUT2D eigenvalue weighted by Gasteiger charge is 2.23. The van der Waals surface area contributed by atoms with Gasteiger partial charge in [-0.15, -0.1) is 0 Å². The van der Waals surface area contributed by atoms with Crippen molar-refractivity contribution in [1.29, 1.82) is 0 Å². The molecule has 23 heavy (non-hydrogen) atoms. The van der Waals surface area contributed by atoms with Crippen molar-refractivity contribution in [3.8, 4) is 0 Å². The minimum atomic E-state index is -0.341. The molecule has 1 aromatic carbocycles. The SMILES string of the molecule is CCn1cc(NC(=O)c2cc(N3CCNC3=O)ccc2Cl)cn1. The second-order valence-electron chi connectivity index (χ2n) is 5.09. The lowest BCUT2D eigenvalue weighted by atomic mass is 10.1. The molecule has 1 fully saturated rings. The third-order valence-corrected chi connectivity index (χ3v) is 3.91. The zero-order valence-corrected chi connectivity index (χ0v) is 13.3. The highest BCUT2D eigenvalue weighted by Crippen LogP contribution is 2.25. The van der Waals surface area contributed by atoms with Gasteiger partial charge >= 0.3 is 6.03 Å². The number of hydrogen-bond donors (Lipinski definition) is 2. The van der Waals surface area contributed by atoms with Crippen LogP contribution >= 0.6 is 11.6 Å². The van der Waals surface area contributed by atoms with Crippen molar-refractivity contribution in [2.75, 3.05) is 23.3 Å². The molecule has 0 unspecified atom stereocenters. The summed E-state index contributed by atoms with van der Waals surface area (Å²) in [6.45, 7) is 3.82. The second-order valence-corrected chi connectivity index (χ2v) is 5.49. The average molecular weight is 334 g/mol. The Morgan fingerprint density at radius 2 is 2.30 bits per heavy atom. The van der Waals surface area contributed by atoms with E-state index >= 15 is 0 Å². The van der Waals surface area contributed by atoms with E-state index in [1.54, 1.807) is 40.2 Å². The molecule has 1 aliphatic heterocycles. The van der Waals surface area contributed by atoms with Crippen LogP contribution in [0.1, 0.15) is 17.3 Å². The third-order valence-electron chi connectivity index (χ3n) is 3.58. The Labute approximate surface area is 138 Å². The number of benzene rings is 1. The first kappa shape index (κ1) is 15.4. The summed E-state index contributed by atoms with van der Waals surface area (Å²) in [4.78, 5) is 25.7. The maximum atomic E-state index is 12.4. The quantitative estimate of drug-likeness (QED) is 0.901. The van der Waals surface area contributed by atoms with Crippen LogP contribution in [0.3, 0.4) is 0 Å². The molecule has 120 valence electrons. The van der Waals surface area contributed by atoms with Crippen LogP contribution in [0, 0.1) is 0 Å². The standard InChI is InChI=1S/C15H16ClN5O2/c1-2-20-9-10(8-18-20)19-14(22)12-7-11(3-4-13(12)16)21-6-5-17-15(21)23/h3-4,7-9H,2,5-6H2,1H3,(H,17,23)(H,19,22). The van der Waals surface area contributed by atoms with Crippen LogP contribution in [0.5, 0.6) is 0 Å². The van der Waals surface area contributed by atoms with Gasteiger partial charge in [-0.3, -0.25) is 14.4 Å². The minimum Gasteiger partial charge on any atom is -0.336 e. The number of carbonyl (C=O) groups is 2. The van der Waals surface area contributed by atoms with Crippen LogP contribution in [-0.4, -0.2) is 34.8 Å². The summed E-state index contributed by atoms with van der Waals surface area (Å²) >= 11 is 6.13. The molecule has 0 saturated carbocycles. The lowest BCUT2D eigenvalue weighted by molar-refractivity contribution is 0.102. The number of carbonyl (C=O) groups excluding carboxylic acids is 2. The fourth-order valence-corrected chi connectivity index (χ4v) is 2.58. The monoisotopic (exact) mass is 333 g/mol. The minimum absolute atomic E-state index is 0.178. The normalized spacial score (nSPS) is 14.0. The Morgan fingerprint density at radius 1 is 1.48 bits per heavy atom. The number of halogens is 1. The van der Waals surface area contributed by atoms with Gasteiger partial charge in [0.05, 0.1) is 22.5 Å². The summed E-state index contributed by atoms with van der Waals surface area (Å²) in [6, 6.07) is 4.78. The predicted molar refractivity (Wildman–Crippen MR) is 88.1 cm³/mol. The molecule has 1 saturated heterocycles. The van der Waals surface area contributed by atoms with E-state index in [-0.39, 0.29) is 11.9 Å². The number of amides is 3. The van der Waals surface area contributed by atoms with Crippen molar-refractivity contribution >= 4 is 34.9 Å². The van der Waals surface area contributed by atoms with Crippen LogP contribution in [0.25, 0.3) is 0 Å². The molecular weight excluding hydrogens is 318 g/mol. The van der Waals surface area contributed by atoms with Gasteiger partial charge in [0.1, 0.15) is 0 Å². The van der Waals surface area contributed by atoms with Gasteiger partial charge in [-0.25, -0.2) is 4.79 Å². The number of rotatable bonds is 4. The molecule has 7 nitrogen and oxygen atoms in total. The highest BCUT2D eigenvalue weighted by atomic mass is 35.5. The highest BCUT2D eigenvalue weighted by molar-refractivity contribution is 6.34. The molecule has 0 spiro atoms. The first-order valence-corrected chi connectivity index (χ1v) is 7.65. The predicted octanol–water partition coefficient (Wildman–Crippen LogP) is 2.34. The number of nitrogens with one attached hydrogen (secondary N) is 2. The fraction of sp³-hybridized carbons (Fsp3) is 0.267. The molecular formula is C15H16ClN5O2. The van der Waals surface area contributed by atoms with Crippen molar-refractivity contribution < 1.29 is 9.59 Å². The number of nitrogens with zero attached hydrogens (tertiary/aromatic N) is 3. The summed E-state index contributed by atoms with van der Waals surface area (Å²) in [6.07, 6.45) is 3.32. The maximum Gasteiger partial charge on any atom is 0.321 e. The van der Waals surface area contributed by atoms with E-state index in [1.165, 1.54) is 0 Å². The summed E-state index contributed by atoms with van der Waals surface area (Å²) in [5.74, 6) is -0.341. The number of aromatic nitrogens is 2. The van der Waals surface area contributed by atoms with Gasteiger partial charge in [0.2, 0.25) is 0 Å². The summed E-state index contributed by atoms with van der Waals surface area (Å²) in [5.41, 5.74) is 1.55. The molecule has 1 aromatic heterocycles. The Morgan fingerprint density at radius 3 is 2.96 bits per heavy atom. The first-order valence-electron chi connectivity index (χ1n) is 7.27. The number of aryl methyl sites for hydroxylation is 1. The van der Waals surface area contributed by atoms with Crippen LogP contribution in [0.4, 0.5) is 16.2 Å². The molecule has 3 rings (SSSR count). The zero-order valence-electron chi connectivity index (χ0n) is 12.5. The smallest absolute Gasteiger partial charge is 0.321 e. The molecule has 0 bridgehead atoms. The molecule has 0 aliphatic carbocycles. The molecule has 2 N–H and O–H groups in total. The second kappa shape index (κ2) is 6.29. The topological polar surface area (TPSA) is 79.3 Å². The van der Waals surface area contributed by atoms with Crippen LogP contribution in [0.15, 0.2) is 30.6 Å². The number of hydrogen-bond acceptors (Lipinski definition) is 3. The van der Waals surface area contributed by atoms with E-state index in [2.05, 4.69) is 15.7 Å². The zero-order chi connectivity index (χ0) is 16.4. The van der Waals surface area contributed by atoms with E-state index in [9.17, 15) is 9.59 Å². The van der Waals surface area contributed by atoms with Crippen LogP contribution in [-0.2, 0) is 6.54 Å². The van der Waals surface area contributed by atoms with Gasteiger partial charge < -0.3 is 10.6 Å². The Kier molecular flexibility index (Phi) is 4.20. The van der Waals surface area contributed by atoms with E-state index in [1.807, 2.05) is 6.92 Å². The van der Waals surface area contributed by atoms with E-state index in [0.717, 1.165) is 6.54 Å². The van der Waals surface area contributed by atoms with Crippen LogP contribution < -0.4 is 15.5 Å². The van der Waals surface area contributed by atoms with Gasteiger partial charge in [-0.05, 0) is 25.1 Å². The Hall–Kier alpha value is -2.54. The van der Waals surface area contributed by atoms with E-state index in [4.69, 9.17) is 11.6 Å². The van der Waals surface area contributed by atoms with Crippen molar-refractivity contribution in [1.82, 2.24) is 15.1 Å². The molecule has 3 amide bonds. The number of urea groups is 1. The molecule has 0 radical (unpaired) electrons. The van der Waals surface area contributed by atoms with E-state index in [0.29, 0.717) is 35.1 Å². The van der Waals surface area contributed by atoms with Gasteiger partial charge in [-0.1, -0.05) is 11.6 Å². The summed E-state index contributed by atoms with van der Waals surface area (Å²) < 4.78 is 1.71. The molecule has 2 aromatic rings. The van der Waals surface area contributed by atoms with Crippen molar-refractivity contribution in [3.63, 3.8) is 0 Å². The molecule has 2 heterocycles. The Balaban J connectivity index is 1.83. The summed E-state index contributed by atoms with van der Waals surface area (Å²) in [7, 11) is 0. The first-order chi connectivity index (χ1) is 11.1. The van der Waals surface area contributed by atoms with E-state index < -0.39 is 0 Å². The molecule has 1 aliphatic rings. The summed E-state index contributed by atoms with van der Waals surface area (Å²) in [5, 5.41) is 9.91. The molecule has 0 atom stereocenters.